The molecule has 0 aliphatic heterocycles. The van der Waals surface area contributed by atoms with Crippen molar-refractivity contribution in [1.82, 2.24) is 0 Å². The van der Waals surface area contributed by atoms with E-state index in [0.717, 1.165) is 11.1 Å². The first kappa shape index (κ1) is 14.5. The molecule has 0 spiro atoms. The van der Waals surface area contributed by atoms with Gasteiger partial charge in [-0.15, -0.1) is 0 Å². The Morgan fingerprint density at radius 1 is 0.947 bits per heavy atom. The molecule has 2 rings (SSSR count). The summed E-state index contributed by atoms with van der Waals surface area (Å²) in [6, 6.07) is 8.95. The van der Waals surface area contributed by atoms with Crippen LogP contribution in [0, 0.1) is 6.92 Å². The molecular formula is C14H12Cl3NO. The Kier molecular flexibility index (Phi) is 4.58. The van der Waals surface area contributed by atoms with Gasteiger partial charge in [-0.1, -0.05) is 46.9 Å². The van der Waals surface area contributed by atoms with Crippen molar-refractivity contribution in [1.29, 1.82) is 0 Å². The van der Waals surface area contributed by atoms with Crippen LogP contribution in [0.5, 0.6) is 11.5 Å². The molecule has 2 aromatic rings. The van der Waals surface area contributed by atoms with Crippen LogP contribution in [0.3, 0.4) is 0 Å². The number of hydrogen-bond donors (Lipinski definition) is 1. The number of hydrogen-bond acceptors (Lipinski definition) is 2. The Morgan fingerprint density at radius 2 is 1.63 bits per heavy atom. The fourth-order valence-corrected chi connectivity index (χ4v) is 2.20. The SMILES string of the molecule is Cc1ccc(CN)c(Oc2cc(Cl)c(Cl)cc2Cl)c1. The van der Waals surface area contributed by atoms with Crippen LogP contribution in [0.25, 0.3) is 0 Å². The van der Waals surface area contributed by atoms with E-state index in [1.165, 1.54) is 0 Å². The molecule has 0 aromatic heterocycles. The molecule has 5 heteroatoms. The summed E-state index contributed by atoms with van der Waals surface area (Å²) >= 11 is 17.9. The lowest BCUT2D eigenvalue weighted by atomic mass is 10.1. The number of ether oxygens (including phenoxy) is 1. The van der Waals surface area contributed by atoms with E-state index in [4.69, 9.17) is 45.3 Å². The highest BCUT2D eigenvalue weighted by molar-refractivity contribution is 6.43. The molecule has 2 nitrogen and oxygen atoms in total. The summed E-state index contributed by atoms with van der Waals surface area (Å²) in [6.07, 6.45) is 0. The molecule has 0 amide bonds. The van der Waals surface area contributed by atoms with Gasteiger partial charge in [-0.3, -0.25) is 0 Å². The molecule has 0 bridgehead atoms. The zero-order valence-electron chi connectivity index (χ0n) is 10.2. The Hall–Kier alpha value is -0.930. The van der Waals surface area contributed by atoms with Crippen LogP contribution in [-0.2, 0) is 6.54 Å². The van der Waals surface area contributed by atoms with Crippen LogP contribution in [0.2, 0.25) is 15.1 Å². The van der Waals surface area contributed by atoms with Gasteiger partial charge in [0.15, 0.2) is 0 Å². The molecule has 0 saturated heterocycles. The van der Waals surface area contributed by atoms with Crippen molar-refractivity contribution < 1.29 is 4.74 Å². The van der Waals surface area contributed by atoms with Gasteiger partial charge in [0.25, 0.3) is 0 Å². The van der Waals surface area contributed by atoms with Crippen LogP contribution in [-0.4, -0.2) is 0 Å². The maximum absolute atomic E-state index is 6.09. The third kappa shape index (κ3) is 3.34. The average Bonchev–Trinajstić information content (AvgIpc) is 2.36. The molecule has 2 N–H and O–H groups in total. The molecule has 2 aromatic carbocycles. The summed E-state index contributed by atoms with van der Waals surface area (Å²) in [7, 11) is 0. The van der Waals surface area contributed by atoms with Crippen LogP contribution in [0.15, 0.2) is 30.3 Å². The molecule has 0 fully saturated rings. The Bertz CT molecular complexity index is 614. The van der Waals surface area contributed by atoms with E-state index in [1.54, 1.807) is 12.1 Å². The highest BCUT2D eigenvalue weighted by Gasteiger charge is 2.10. The van der Waals surface area contributed by atoms with Crippen molar-refractivity contribution in [3.63, 3.8) is 0 Å². The highest BCUT2D eigenvalue weighted by atomic mass is 35.5. The van der Waals surface area contributed by atoms with E-state index in [-0.39, 0.29) is 0 Å². The van der Waals surface area contributed by atoms with Gasteiger partial charge in [0.2, 0.25) is 0 Å². The van der Waals surface area contributed by atoms with Gasteiger partial charge in [-0.2, -0.15) is 0 Å². The molecule has 0 unspecified atom stereocenters. The summed E-state index contributed by atoms with van der Waals surface area (Å²) in [4.78, 5) is 0. The minimum absolute atomic E-state index is 0.383. The monoisotopic (exact) mass is 315 g/mol. The van der Waals surface area contributed by atoms with Gasteiger partial charge in [0.1, 0.15) is 11.5 Å². The van der Waals surface area contributed by atoms with E-state index in [2.05, 4.69) is 0 Å². The third-order valence-corrected chi connectivity index (χ3v) is 3.65. The largest absolute Gasteiger partial charge is 0.455 e. The standard InChI is InChI=1S/C14H12Cl3NO/c1-8-2-3-9(7-18)13(4-8)19-14-6-11(16)10(15)5-12(14)17/h2-6H,7,18H2,1H3. The molecule has 0 heterocycles. The third-order valence-electron chi connectivity index (χ3n) is 2.64. The van der Waals surface area contributed by atoms with E-state index < -0.39 is 0 Å². The molecule has 100 valence electrons. The number of halogens is 3. The van der Waals surface area contributed by atoms with Crippen molar-refractivity contribution in [3.8, 4) is 11.5 Å². The number of benzene rings is 2. The number of nitrogens with two attached hydrogens (primary N) is 1. The predicted octanol–water partition coefficient (Wildman–Crippen LogP) is 5.21. The second kappa shape index (κ2) is 6.02. The fraction of sp³-hybridized carbons (Fsp3) is 0.143. The van der Waals surface area contributed by atoms with Crippen molar-refractivity contribution >= 4 is 34.8 Å². The Balaban J connectivity index is 2.41. The topological polar surface area (TPSA) is 35.2 Å². The van der Waals surface area contributed by atoms with Gasteiger partial charge in [0, 0.05) is 18.2 Å². The highest BCUT2D eigenvalue weighted by Crippen LogP contribution is 2.37. The van der Waals surface area contributed by atoms with Crippen LogP contribution < -0.4 is 10.5 Å². The van der Waals surface area contributed by atoms with Gasteiger partial charge in [-0.05, 0) is 24.6 Å². The van der Waals surface area contributed by atoms with E-state index >= 15 is 0 Å². The van der Waals surface area contributed by atoms with Crippen molar-refractivity contribution in [2.24, 2.45) is 5.73 Å². The number of aryl methyl sites for hydroxylation is 1. The first-order chi connectivity index (χ1) is 9.01. The summed E-state index contributed by atoms with van der Waals surface area (Å²) in [6.45, 7) is 2.36. The smallest absolute Gasteiger partial charge is 0.147 e. The van der Waals surface area contributed by atoms with Gasteiger partial charge in [-0.25, -0.2) is 0 Å². The molecule has 0 radical (unpaired) electrons. The van der Waals surface area contributed by atoms with E-state index in [9.17, 15) is 0 Å². The van der Waals surface area contributed by atoms with Crippen LogP contribution >= 0.6 is 34.8 Å². The average molecular weight is 317 g/mol. The fourth-order valence-electron chi connectivity index (χ4n) is 1.63. The molecule has 0 aliphatic carbocycles. The molecule has 19 heavy (non-hydrogen) atoms. The first-order valence-electron chi connectivity index (χ1n) is 5.63. The molecular weight excluding hydrogens is 305 g/mol. The van der Waals surface area contributed by atoms with Gasteiger partial charge in [0.05, 0.1) is 15.1 Å². The maximum atomic E-state index is 6.09. The second-order valence-electron chi connectivity index (χ2n) is 4.11. The minimum atomic E-state index is 0.383. The van der Waals surface area contributed by atoms with E-state index in [0.29, 0.717) is 33.1 Å². The quantitative estimate of drug-likeness (QED) is 0.789. The van der Waals surface area contributed by atoms with Crippen molar-refractivity contribution in [3.05, 3.63) is 56.5 Å². The van der Waals surface area contributed by atoms with Crippen molar-refractivity contribution in [2.75, 3.05) is 0 Å². The maximum Gasteiger partial charge on any atom is 0.147 e. The lowest BCUT2D eigenvalue weighted by Crippen LogP contribution is -2.00. The molecule has 0 atom stereocenters. The van der Waals surface area contributed by atoms with Gasteiger partial charge < -0.3 is 10.5 Å². The zero-order chi connectivity index (χ0) is 14.0. The lowest BCUT2D eigenvalue weighted by Gasteiger charge is -2.13. The zero-order valence-corrected chi connectivity index (χ0v) is 12.5. The van der Waals surface area contributed by atoms with Gasteiger partial charge >= 0.3 is 0 Å². The molecule has 0 aliphatic rings. The molecule has 0 saturated carbocycles. The van der Waals surface area contributed by atoms with E-state index in [1.807, 2.05) is 25.1 Å². The Labute approximate surface area is 127 Å². The summed E-state index contributed by atoms with van der Waals surface area (Å²) in [5, 5.41) is 1.18. The van der Waals surface area contributed by atoms with Crippen molar-refractivity contribution in [2.45, 2.75) is 13.5 Å². The predicted molar refractivity (Wildman–Crippen MR) is 80.6 cm³/mol. The first-order valence-corrected chi connectivity index (χ1v) is 6.76. The minimum Gasteiger partial charge on any atom is -0.455 e. The normalized spacial score (nSPS) is 10.6. The Morgan fingerprint density at radius 3 is 2.32 bits per heavy atom. The summed E-state index contributed by atoms with van der Waals surface area (Å²) in [5.74, 6) is 1.12. The number of rotatable bonds is 3. The van der Waals surface area contributed by atoms with Crippen LogP contribution in [0.4, 0.5) is 0 Å². The second-order valence-corrected chi connectivity index (χ2v) is 5.34. The van der Waals surface area contributed by atoms with Crippen LogP contribution in [0.1, 0.15) is 11.1 Å². The lowest BCUT2D eigenvalue weighted by molar-refractivity contribution is 0.476. The summed E-state index contributed by atoms with van der Waals surface area (Å²) < 4.78 is 5.79. The summed E-state index contributed by atoms with van der Waals surface area (Å²) in [5.41, 5.74) is 7.65.